The smallest absolute Gasteiger partial charge is 0.0701 e. The fourth-order valence-corrected chi connectivity index (χ4v) is 1.34. The summed E-state index contributed by atoms with van der Waals surface area (Å²) < 4.78 is 15.5. The Labute approximate surface area is 104 Å². The number of methoxy groups -OCH3 is 1. The van der Waals surface area contributed by atoms with Crippen molar-refractivity contribution in [1.29, 1.82) is 0 Å². The standard InChI is InChI=1S/C12H27NO4/c1-12(4-3-6-14)13-5-7-16-10-11-17-9-8-15-2/h12-14H,3-11H2,1-2H3. The normalized spacial score (nSPS) is 12.9. The summed E-state index contributed by atoms with van der Waals surface area (Å²) in [5.74, 6) is 0. The van der Waals surface area contributed by atoms with Crippen molar-refractivity contribution in [3.8, 4) is 0 Å². The van der Waals surface area contributed by atoms with Crippen molar-refractivity contribution >= 4 is 0 Å². The molecule has 0 heterocycles. The van der Waals surface area contributed by atoms with Gasteiger partial charge in [0.25, 0.3) is 0 Å². The summed E-state index contributed by atoms with van der Waals surface area (Å²) in [6, 6.07) is 0.434. The van der Waals surface area contributed by atoms with Crippen LogP contribution in [0.1, 0.15) is 19.8 Å². The molecule has 5 nitrogen and oxygen atoms in total. The number of nitrogens with one attached hydrogen (secondary N) is 1. The first-order chi connectivity index (χ1) is 8.31. The Morgan fingerprint density at radius 3 is 2.35 bits per heavy atom. The number of rotatable bonds is 13. The molecule has 1 unspecified atom stereocenters. The average molecular weight is 249 g/mol. The monoisotopic (exact) mass is 249 g/mol. The summed E-state index contributed by atoms with van der Waals surface area (Å²) in [4.78, 5) is 0. The molecule has 0 bridgehead atoms. The Hall–Kier alpha value is -0.200. The zero-order valence-corrected chi connectivity index (χ0v) is 11.1. The van der Waals surface area contributed by atoms with Gasteiger partial charge in [-0.25, -0.2) is 0 Å². The van der Waals surface area contributed by atoms with Crippen LogP contribution in [0.3, 0.4) is 0 Å². The molecule has 0 amide bonds. The third-order valence-electron chi connectivity index (χ3n) is 2.34. The maximum Gasteiger partial charge on any atom is 0.0701 e. The van der Waals surface area contributed by atoms with Crippen LogP contribution in [0, 0.1) is 0 Å². The molecule has 1 atom stereocenters. The third-order valence-corrected chi connectivity index (χ3v) is 2.34. The Balaban J connectivity index is 3.02. The number of hydrogen-bond donors (Lipinski definition) is 2. The van der Waals surface area contributed by atoms with E-state index in [1.807, 2.05) is 0 Å². The van der Waals surface area contributed by atoms with Crippen LogP contribution in [0.15, 0.2) is 0 Å². The molecule has 0 aliphatic heterocycles. The van der Waals surface area contributed by atoms with Gasteiger partial charge in [0.2, 0.25) is 0 Å². The van der Waals surface area contributed by atoms with Crippen molar-refractivity contribution in [2.75, 3.05) is 53.3 Å². The van der Waals surface area contributed by atoms with E-state index in [1.165, 1.54) is 0 Å². The first kappa shape index (κ1) is 16.8. The fourth-order valence-electron chi connectivity index (χ4n) is 1.34. The summed E-state index contributed by atoms with van der Waals surface area (Å²) in [7, 11) is 1.66. The van der Waals surface area contributed by atoms with Crippen LogP contribution in [0.25, 0.3) is 0 Å². The van der Waals surface area contributed by atoms with Gasteiger partial charge in [-0.2, -0.15) is 0 Å². The van der Waals surface area contributed by atoms with Crippen LogP contribution in [-0.2, 0) is 14.2 Å². The number of hydrogen-bond acceptors (Lipinski definition) is 5. The molecule has 0 aliphatic carbocycles. The lowest BCUT2D eigenvalue weighted by molar-refractivity contribution is 0.0252. The lowest BCUT2D eigenvalue weighted by Crippen LogP contribution is -2.29. The molecule has 0 saturated heterocycles. The van der Waals surface area contributed by atoms with Gasteiger partial charge >= 0.3 is 0 Å². The first-order valence-electron chi connectivity index (χ1n) is 6.30. The summed E-state index contributed by atoms with van der Waals surface area (Å²) in [5.41, 5.74) is 0. The second-order valence-corrected chi connectivity index (χ2v) is 3.94. The molecule has 0 rings (SSSR count). The average Bonchev–Trinajstić information content (AvgIpc) is 2.34. The number of aliphatic hydroxyl groups is 1. The van der Waals surface area contributed by atoms with E-state index < -0.39 is 0 Å². The predicted molar refractivity (Wildman–Crippen MR) is 67.3 cm³/mol. The molecular formula is C12H27NO4. The molecule has 0 aromatic heterocycles. The van der Waals surface area contributed by atoms with Gasteiger partial charge < -0.3 is 24.6 Å². The Bertz CT molecular complexity index is 146. The van der Waals surface area contributed by atoms with Crippen LogP contribution in [0.4, 0.5) is 0 Å². The highest BCUT2D eigenvalue weighted by Gasteiger charge is 1.99. The van der Waals surface area contributed by atoms with Gasteiger partial charge in [-0.15, -0.1) is 0 Å². The first-order valence-corrected chi connectivity index (χ1v) is 6.30. The van der Waals surface area contributed by atoms with Gasteiger partial charge in [-0.1, -0.05) is 0 Å². The topological polar surface area (TPSA) is 60.0 Å². The summed E-state index contributed by atoms with van der Waals surface area (Å²) >= 11 is 0. The minimum absolute atomic E-state index is 0.265. The van der Waals surface area contributed by atoms with Crippen molar-refractivity contribution in [3.05, 3.63) is 0 Å². The third kappa shape index (κ3) is 13.7. The number of ether oxygens (including phenoxy) is 3. The second-order valence-electron chi connectivity index (χ2n) is 3.94. The molecule has 0 aromatic rings. The summed E-state index contributed by atoms with van der Waals surface area (Å²) in [5, 5.41) is 12.0. The maximum atomic E-state index is 8.67. The van der Waals surface area contributed by atoms with Gasteiger partial charge in [0, 0.05) is 26.3 Å². The maximum absolute atomic E-state index is 8.67. The zero-order valence-electron chi connectivity index (χ0n) is 11.1. The van der Waals surface area contributed by atoms with Crippen molar-refractivity contribution in [1.82, 2.24) is 5.32 Å². The quantitative estimate of drug-likeness (QED) is 0.463. The van der Waals surface area contributed by atoms with Gasteiger partial charge in [-0.3, -0.25) is 0 Å². The largest absolute Gasteiger partial charge is 0.396 e. The van der Waals surface area contributed by atoms with Crippen molar-refractivity contribution in [2.45, 2.75) is 25.8 Å². The molecule has 17 heavy (non-hydrogen) atoms. The molecule has 5 heteroatoms. The van der Waals surface area contributed by atoms with E-state index in [1.54, 1.807) is 7.11 Å². The van der Waals surface area contributed by atoms with Crippen LogP contribution >= 0.6 is 0 Å². The molecule has 0 radical (unpaired) electrons. The Kier molecular flexibility index (Phi) is 13.7. The predicted octanol–water partition coefficient (Wildman–Crippen LogP) is 0.417. The summed E-state index contributed by atoms with van der Waals surface area (Å²) in [6.07, 6.45) is 1.85. The van der Waals surface area contributed by atoms with E-state index >= 15 is 0 Å². The minimum atomic E-state index is 0.265. The van der Waals surface area contributed by atoms with Crippen molar-refractivity contribution < 1.29 is 19.3 Å². The molecule has 0 aliphatic rings. The minimum Gasteiger partial charge on any atom is -0.396 e. The summed E-state index contributed by atoms with van der Waals surface area (Å²) in [6.45, 7) is 6.40. The lowest BCUT2D eigenvalue weighted by Gasteiger charge is -2.13. The highest BCUT2D eigenvalue weighted by Crippen LogP contribution is 1.94. The highest BCUT2D eigenvalue weighted by molar-refractivity contribution is 4.59. The van der Waals surface area contributed by atoms with E-state index in [4.69, 9.17) is 19.3 Å². The SMILES string of the molecule is COCCOCCOCCNC(C)CCCO. The van der Waals surface area contributed by atoms with Crippen molar-refractivity contribution in [2.24, 2.45) is 0 Å². The van der Waals surface area contributed by atoms with E-state index in [-0.39, 0.29) is 6.61 Å². The molecule has 0 aromatic carbocycles. The fraction of sp³-hybridized carbons (Fsp3) is 1.00. The van der Waals surface area contributed by atoms with E-state index in [0.29, 0.717) is 39.1 Å². The Morgan fingerprint density at radius 2 is 1.71 bits per heavy atom. The van der Waals surface area contributed by atoms with E-state index in [9.17, 15) is 0 Å². The lowest BCUT2D eigenvalue weighted by atomic mass is 10.2. The zero-order chi connectivity index (χ0) is 12.8. The van der Waals surface area contributed by atoms with E-state index in [2.05, 4.69) is 12.2 Å². The molecule has 2 N–H and O–H groups in total. The second kappa shape index (κ2) is 13.9. The van der Waals surface area contributed by atoms with Crippen LogP contribution in [-0.4, -0.2) is 64.4 Å². The van der Waals surface area contributed by atoms with Crippen molar-refractivity contribution in [3.63, 3.8) is 0 Å². The van der Waals surface area contributed by atoms with Crippen LogP contribution in [0.5, 0.6) is 0 Å². The highest BCUT2D eigenvalue weighted by atomic mass is 16.5. The molecule has 0 saturated carbocycles. The Morgan fingerprint density at radius 1 is 1.06 bits per heavy atom. The van der Waals surface area contributed by atoms with Crippen LogP contribution in [0.2, 0.25) is 0 Å². The van der Waals surface area contributed by atoms with Crippen LogP contribution < -0.4 is 5.32 Å². The van der Waals surface area contributed by atoms with Gasteiger partial charge in [-0.05, 0) is 19.8 Å². The van der Waals surface area contributed by atoms with Gasteiger partial charge in [0.1, 0.15) is 0 Å². The molecule has 0 spiro atoms. The van der Waals surface area contributed by atoms with E-state index in [0.717, 1.165) is 19.4 Å². The molecule has 104 valence electrons. The van der Waals surface area contributed by atoms with Gasteiger partial charge in [0.15, 0.2) is 0 Å². The number of aliphatic hydroxyl groups excluding tert-OH is 1. The molecular weight excluding hydrogens is 222 g/mol. The molecule has 0 fully saturated rings. The van der Waals surface area contributed by atoms with Gasteiger partial charge in [0.05, 0.1) is 33.0 Å².